The van der Waals surface area contributed by atoms with Gasteiger partial charge in [0, 0.05) is 43.4 Å². The van der Waals surface area contributed by atoms with Gasteiger partial charge in [-0.3, -0.25) is 4.79 Å². The number of hydrogen-bond acceptors (Lipinski definition) is 4. The molecule has 0 saturated carbocycles. The number of rotatable bonds is 7. The summed E-state index contributed by atoms with van der Waals surface area (Å²) in [5, 5.41) is 9.53. The number of halogens is 2. The van der Waals surface area contributed by atoms with Crippen LogP contribution in [0.15, 0.2) is 71.9 Å². The molecule has 9 heteroatoms. The molecule has 1 atom stereocenters. The Kier molecular flexibility index (Phi) is 9.20. The number of amides is 1. The number of hydrogen-bond donors (Lipinski definition) is 3. The van der Waals surface area contributed by atoms with E-state index in [2.05, 4.69) is 25.9 Å². The summed E-state index contributed by atoms with van der Waals surface area (Å²) in [6.45, 7) is 3.72. The topological polar surface area (TPSA) is 87.6 Å². The third-order valence-corrected chi connectivity index (χ3v) is 5.22. The predicted octanol–water partition coefficient (Wildman–Crippen LogP) is 4.81. The van der Waals surface area contributed by atoms with Crippen LogP contribution in [0.4, 0.5) is 10.1 Å². The maximum absolute atomic E-state index is 13.1. The fourth-order valence-electron chi connectivity index (χ4n) is 3.64. The highest BCUT2D eigenvalue weighted by Crippen LogP contribution is 2.31. The number of para-hydroxylation sites is 1. The molecule has 178 valence electrons. The summed E-state index contributed by atoms with van der Waals surface area (Å²) >= 11 is 0. The number of nitrogens with zero attached hydrogens (tertiary/aromatic N) is 2. The number of aliphatic imine (C=N–C) groups is 1. The van der Waals surface area contributed by atoms with Crippen LogP contribution in [-0.2, 0) is 11.3 Å². The van der Waals surface area contributed by atoms with E-state index in [1.54, 1.807) is 24.4 Å². The lowest BCUT2D eigenvalue weighted by Gasteiger charge is -2.26. The van der Waals surface area contributed by atoms with Gasteiger partial charge in [-0.15, -0.1) is 24.0 Å². The van der Waals surface area contributed by atoms with Crippen LogP contribution in [0, 0.1) is 5.82 Å². The van der Waals surface area contributed by atoms with Crippen LogP contribution < -0.4 is 20.7 Å². The molecule has 0 aliphatic carbocycles. The van der Waals surface area contributed by atoms with E-state index in [1.807, 2.05) is 37.3 Å². The average Bonchev–Trinajstić information content (AvgIpc) is 2.82. The van der Waals surface area contributed by atoms with Crippen LogP contribution in [0.3, 0.4) is 0 Å². The molecule has 4 rings (SSSR count). The highest BCUT2D eigenvalue weighted by atomic mass is 127. The number of benzene rings is 2. The van der Waals surface area contributed by atoms with E-state index in [1.165, 1.54) is 12.1 Å². The molecule has 2 aromatic carbocycles. The van der Waals surface area contributed by atoms with Crippen molar-refractivity contribution < 1.29 is 13.9 Å². The van der Waals surface area contributed by atoms with E-state index in [0.29, 0.717) is 43.6 Å². The molecule has 1 aliphatic heterocycles. The van der Waals surface area contributed by atoms with E-state index < -0.39 is 0 Å². The molecule has 1 aliphatic rings. The van der Waals surface area contributed by atoms with Crippen molar-refractivity contribution in [2.75, 3.05) is 18.4 Å². The monoisotopic (exact) mass is 575 g/mol. The molecule has 1 aromatic heterocycles. The number of aromatic nitrogens is 1. The number of pyridine rings is 1. The summed E-state index contributed by atoms with van der Waals surface area (Å²) in [7, 11) is 0. The second kappa shape index (κ2) is 12.3. The molecule has 0 bridgehead atoms. The lowest BCUT2D eigenvalue weighted by molar-refractivity contribution is -0.116. The third-order valence-electron chi connectivity index (χ3n) is 5.22. The van der Waals surface area contributed by atoms with Crippen molar-refractivity contribution in [3.63, 3.8) is 0 Å². The minimum absolute atomic E-state index is 0. The van der Waals surface area contributed by atoms with Crippen molar-refractivity contribution in [2.24, 2.45) is 4.99 Å². The lowest BCUT2D eigenvalue weighted by Crippen LogP contribution is -2.40. The molecule has 3 N–H and O–H groups in total. The van der Waals surface area contributed by atoms with Gasteiger partial charge in [0.25, 0.3) is 0 Å². The van der Waals surface area contributed by atoms with Crippen LogP contribution in [0.25, 0.3) is 0 Å². The number of carbonyl (C=O) groups is 1. The standard InChI is InChI=1S/C25H26FN5O2.HI/c1-2-27-25(30-16-18-14-23(32)31-22-6-4-3-5-21(18)22)29-15-17-11-12-28-24(13-17)33-20-9-7-19(26)8-10-20;/h3-13,18H,2,14-16H2,1H3,(H,31,32)(H2,27,29,30);1H. The maximum atomic E-state index is 13.1. The first-order chi connectivity index (χ1) is 16.1. The molecule has 0 fully saturated rings. The van der Waals surface area contributed by atoms with Crippen LogP contribution in [0.2, 0.25) is 0 Å². The summed E-state index contributed by atoms with van der Waals surface area (Å²) in [4.78, 5) is 21.0. The van der Waals surface area contributed by atoms with E-state index in [9.17, 15) is 9.18 Å². The molecule has 7 nitrogen and oxygen atoms in total. The number of carbonyl (C=O) groups excluding carboxylic acids is 1. The SMILES string of the molecule is CCNC(=NCc1ccnc(Oc2ccc(F)cc2)c1)NCC1CC(=O)Nc2ccccc21.I. The van der Waals surface area contributed by atoms with Crippen LogP contribution in [0.5, 0.6) is 11.6 Å². The van der Waals surface area contributed by atoms with E-state index in [4.69, 9.17) is 4.74 Å². The Balaban J connectivity index is 0.00000324. The Morgan fingerprint density at radius 2 is 1.97 bits per heavy atom. The smallest absolute Gasteiger partial charge is 0.225 e. The Bertz CT molecular complexity index is 1140. The zero-order valence-electron chi connectivity index (χ0n) is 18.8. The summed E-state index contributed by atoms with van der Waals surface area (Å²) in [6, 6.07) is 17.3. The Hall–Kier alpha value is -3.21. The lowest BCUT2D eigenvalue weighted by atomic mass is 9.90. The van der Waals surface area contributed by atoms with Gasteiger partial charge < -0.3 is 20.7 Å². The van der Waals surface area contributed by atoms with Crippen molar-refractivity contribution in [3.05, 3.63) is 83.8 Å². The van der Waals surface area contributed by atoms with Gasteiger partial charge in [0.15, 0.2) is 5.96 Å². The number of fused-ring (bicyclic) bond motifs is 1. The van der Waals surface area contributed by atoms with Gasteiger partial charge in [0.2, 0.25) is 11.8 Å². The van der Waals surface area contributed by atoms with Crippen LogP contribution in [-0.4, -0.2) is 29.9 Å². The summed E-state index contributed by atoms with van der Waals surface area (Å²) < 4.78 is 18.8. The van der Waals surface area contributed by atoms with Crippen molar-refractivity contribution in [2.45, 2.75) is 25.8 Å². The van der Waals surface area contributed by atoms with E-state index >= 15 is 0 Å². The minimum atomic E-state index is -0.320. The van der Waals surface area contributed by atoms with Crippen molar-refractivity contribution in [1.82, 2.24) is 15.6 Å². The molecule has 2 heterocycles. The minimum Gasteiger partial charge on any atom is -0.439 e. The number of ether oxygens (including phenoxy) is 1. The van der Waals surface area contributed by atoms with Gasteiger partial charge in [0.05, 0.1) is 6.54 Å². The molecule has 1 amide bonds. The van der Waals surface area contributed by atoms with Gasteiger partial charge in [-0.2, -0.15) is 0 Å². The first-order valence-corrected chi connectivity index (χ1v) is 10.9. The highest BCUT2D eigenvalue weighted by Gasteiger charge is 2.24. The summed E-state index contributed by atoms with van der Waals surface area (Å²) in [6.07, 6.45) is 2.08. The summed E-state index contributed by atoms with van der Waals surface area (Å²) in [5.41, 5.74) is 2.91. The molecule has 0 spiro atoms. The highest BCUT2D eigenvalue weighted by molar-refractivity contribution is 14.0. The fraction of sp³-hybridized carbons (Fsp3) is 0.240. The predicted molar refractivity (Wildman–Crippen MR) is 141 cm³/mol. The maximum Gasteiger partial charge on any atom is 0.225 e. The fourth-order valence-corrected chi connectivity index (χ4v) is 3.64. The van der Waals surface area contributed by atoms with Gasteiger partial charge in [-0.1, -0.05) is 18.2 Å². The number of nitrogens with one attached hydrogen (secondary N) is 3. The van der Waals surface area contributed by atoms with Gasteiger partial charge in [0.1, 0.15) is 11.6 Å². The molecule has 34 heavy (non-hydrogen) atoms. The Labute approximate surface area is 215 Å². The quantitative estimate of drug-likeness (QED) is 0.214. The summed E-state index contributed by atoms with van der Waals surface area (Å²) in [5.74, 6) is 1.36. The molecule has 0 radical (unpaired) electrons. The van der Waals surface area contributed by atoms with Crippen LogP contribution in [0.1, 0.15) is 30.4 Å². The third kappa shape index (κ3) is 6.89. The molecular formula is C25H27FIN5O2. The first-order valence-electron chi connectivity index (χ1n) is 10.9. The number of anilines is 1. The van der Waals surface area contributed by atoms with Crippen molar-refractivity contribution in [3.8, 4) is 11.6 Å². The van der Waals surface area contributed by atoms with Gasteiger partial charge in [-0.25, -0.2) is 14.4 Å². The Morgan fingerprint density at radius 3 is 2.76 bits per heavy atom. The van der Waals surface area contributed by atoms with Crippen molar-refractivity contribution >= 4 is 41.5 Å². The normalized spacial score (nSPS) is 14.9. The zero-order chi connectivity index (χ0) is 23.0. The second-order valence-corrected chi connectivity index (χ2v) is 7.67. The van der Waals surface area contributed by atoms with Crippen molar-refractivity contribution in [1.29, 1.82) is 0 Å². The largest absolute Gasteiger partial charge is 0.439 e. The number of guanidine groups is 1. The van der Waals surface area contributed by atoms with E-state index in [-0.39, 0.29) is 41.6 Å². The molecular weight excluding hydrogens is 548 g/mol. The first kappa shape index (κ1) is 25.4. The van der Waals surface area contributed by atoms with Gasteiger partial charge >= 0.3 is 0 Å². The van der Waals surface area contributed by atoms with Gasteiger partial charge in [-0.05, 0) is 54.4 Å². The van der Waals surface area contributed by atoms with E-state index in [0.717, 1.165) is 16.8 Å². The molecule has 1 unspecified atom stereocenters. The zero-order valence-corrected chi connectivity index (χ0v) is 21.1. The van der Waals surface area contributed by atoms with Crippen LogP contribution >= 0.6 is 24.0 Å². The molecule has 3 aromatic rings. The second-order valence-electron chi connectivity index (χ2n) is 7.67. The average molecular weight is 575 g/mol. The molecule has 0 saturated heterocycles. The Morgan fingerprint density at radius 1 is 1.18 bits per heavy atom.